The number of benzene rings is 2. The first-order valence-corrected chi connectivity index (χ1v) is 7.94. The fourth-order valence-corrected chi connectivity index (χ4v) is 3.18. The highest BCUT2D eigenvalue weighted by Gasteiger charge is 2.13. The van der Waals surface area contributed by atoms with Crippen LogP contribution in [0.3, 0.4) is 0 Å². The Morgan fingerprint density at radius 3 is 2.25 bits per heavy atom. The average Bonchev–Trinajstić information content (AvgIpc) is 2.36. The van der Waals surface area contributed by atoms with Crippen LogP contribution in [0.2, 0.25) is 10.0 Å². The third-order valence-electron chi connectivity index (χ3n) is 2.67. The Morgan fingerprint density at radius 2 is 1.70 bits per heavy atom. The van der Waals surface area contributed by atoms with Crippen molar-refractivity contribution in [3.05, 3.63) is 60.4 Å². The maximum atomic E-state index is 12.2. The fraction of sp³-hybridized carbons (Fsp3) is 0.0714. The summed E-state index contributed by atoms with van der Waals surface area (Å²) in [6.07, 6.45) is 0. The van der Waals surface area contributed by atoms with Crippen molar-refractivity contribution < 1.29 is 4.79 Å². The Balaban J connectivity index is 2.30. The van der Waals surface area contributed by atoms with Gasteiger partial charge in [-0.25, -0.2) is 0 Å². The van der Waals surface area contributed by atoms with Crippen LogP contribution in [0.15, 0.2) is 39.3 Å². The van der Waals surface area contributed by atoms with E-state index < -0.39 is 0 Å². The molecular weight excluding hydrogens is 429 g/mol. The predicted molar refractivity (Wildman–Crippen MR) is 91.0 cm³/mol. The van der Waals surface area contributed by atoms with Gasteiger partial charge in [0.05, 0.1) is 15.7 Å². The maximum Gasteiger partial charge on any atom is 0.255 e. The van der Waals surface area contributed by atoms with Crippen molar-refractivity contribution in [3.8, 4) is 0 Å². The summed E-state index contributed by atoms with van der Waals surface area (Å²) in [6, 6.07) is 8.70. The molecule has 0 aliphatic carbocycles. The van der Waals surface area contributed by atoms with Crippen molar-refractivity contribution in [1.82, 2.24) is 0 Å². The average molecular weight is 438 g/mol. The highest BCUT2D eigenvalue weighted by atomic mass is 79.9. The Morgan fingerprint density at radius 1 is 1.10 bits per heavy atom. The first-order valence-electron chi connectivity index (χ1n) is 5.60. The summed E-state index contributed by atoms with van der Waals surface area (Å²) in [7, 11) is 0. The molecule has 0 heterocycles. The van der Waals surface area contributed by atoms with Gasteiger partial charge in [0.25, 0.3) is 5.91 Å². The number of hydrogen-bond donors (Lipinski definition) is 1. The molecule has 0 aliphatic rings. The molecule has 2 aromatic carbocycles. The molecule has 2 aromatic rings. The number of anilines is 1. The second kappa shape index (κ2) is 6.48. The second-order valence-electron chi connectivity index (χ2n) is 4.16. The van der Waals surface area contributed by atoms with Gasteiger partial charge in [-0.1, -0.05) is 55.1 Å². The van der Waals surface area contributed by atoms with Crippen molar-refractivity contribution in [2.45, 2.75) is 6.92 Å². The van der Waals surface area contributed by atoms with E-state index >= 15 is 0 Å². The molecule has 20 heavy (non-hydrogen) atoms. The number of hydrogen-bond acceptors (Lipinski definition) is 1. The molecule has 0 saturated carbocycles. The monoisotopic (exact) mass is 435 g/mol. The topological polar surface area (TPSA) is 29.1 Å². The molecule has 0 aromatic heterocycles. The largest absolute Gasteiger partial charge is 0.319 e. The SMILES string of the molecule is Cc1cc(C(=O)Nc2c(Cl)cc(Br)cc2Cl)ccc1Br. The zero-order chi connectivity index (χ0) is 14.9. The van der Waals surface area contributed by atoms with E-state index in [1.54, 1.807) is 24.3 Å². The molecule has 0 radical (unpaired) electrons. The lowest BCUT2D eigenvalue weighted by atomic mass is 10.1. The van der Waals surface area contributed by atoms with Crippen LogP contribution in [0.25, 0.3) is 0 Å². The van der Waals surface area contributed by atoms with Crippen molar-refractivity contribution >= 4 is 66.7 Å². The van der Waals surface area contributed by atoms with Gasteiger partial charge in [0, 0.05) is 14.5 Å². The van der Waals surface area contributed by atoms with Crippen molar-refractivity contribution in [3.63, 3.8) is 0 Å². The van der Waals surface area contributed by atoms with Gasteiger partial charge in [0.1, 0.15) is 0 Å². The molecule has 6 heteroatoms. The van der Waals surface area contributed by atoms with E-state index in [1.807, 2.05) is 13.0 Å². The number of amides is 1. The molecule has 0 spiro atoms. The van der Waals surface area contributed by atoms with Crippen LogP contribution >= 0.6 is 55.1 Å². The molecular formula is C14H9Br2Cl2NO. The molecule has 0 saturated heterocycles. The maximum absolute atomic E-state index is 12.2. The lowest BCUT2D eigenvalue weighted by Gasteiger charge is -2.10. The van der Waals surface area contributed by atoms with Gasteiger partial charge < -0.3 is 5.32 Å². The smallest absolute Gasteiger partial charge is 0.255 e. The summed E-state index contributed by atoms with van der Waals surface area (Å²) < 4.78 is 1.71. The molecule has 1 N–H and O–H groups in total. The van der Waals surface area contributed by atoms with E-state index in [2.05, 4.69) is 37.2 Å². The Bertz CT molecular complexity index is 666. The number of halogens is 4. The summed E-state index contributed by atoms with van der Waals surface area (Å²) in [4.78, 5) is 12.2. The molecule has 0 bridgehead atoms. The summed E-state index contributed by atoms with van der Waals surface area (Å²) in [5.74, 6) is -0.258. The van der Waals surface area contributed by atoms with Crippen LogP contribution in [-0.4, -0.2) is 5.91 Å². The first-order chi connectivity index (χ1) is 9.38. The number of nitrogens with one attached hydrogen (secondary N) is 1. The van der Waals surface area contributed by atoms with E-state index in [-0.39, 0.29) is 5.91 Å². The van der Waals surface area contributed by atoms with E-state index in [1.165, 1.54) is 0 Å². The van der Waals surface area contributed by atoms with Gasteiger partial charge in [-0.15, -0.1) is 0 Å². The van der Waals surface area contributed by atoms with Crippen molar-refractivity contribution in [1.29, 1.82) is 0 Å². The fourth-order valence-electron chi connectivity index (χ4n) is 1.63. The highest BCUT2D eigenvalue weighted by Crippen LogP contribution is 2.34. The molecule has 2 nitrogen and oxygen atoms in total. The summed E-state index contributed by atoms with van der Waals surface area (Å²) in [6.45, 7) is 1.92. The predicted octanol–water partition coefficient (Wildman–Crippen LogP) is 6.08. The number of aryl methyl sites for hydroxylation is 1. The summed E-state index contributed by atoms with van der Waals surface area (Å²) in [5.41, 5.74) is 1.92. The lowest BCUT2D eigenvalue weighted by Crippen LogP contribution is -2.12. The Labute approximate surface area is 143 Å². The molecule has 1 amide bonds. The van der Waals surface area contributed by atoms with Gasteiger partial charge in [0.2, 0.25) is 0 Å². The minimum atomic E-state index is -0.258. The van der Waals surface area contributed by atoms with Crippen LogP contribution in [0.1, 0.15) is 15.9 Å². The quantitative estimate of drug-likeness (QED) is 0.606. The zero-order valence-corrected chi connectivity index (χ0v) is 15.0. The molecule has 2 rings (SSSR count). The van der Waals surface area contributed by atoms with Gasteiger partial charge in [-0.3, -0.25) is 4.79 Å². The van der Waals surface area contributed by atoms with Gasteiger partial charge in [-0.05, 0) is 42.8 Å². The van der Waals surface area contributed by atoms with Gasteiger partial charge in [-0.2, -0.15) is 0 Å². The van der Waals surface area contributed by atoms with E-state index in [0.29, 0.717) is 21.3 Å². The van der Waals surface area contributed by atoms with E-state index in [9.17, 15) is 4.79 Å². The molecule has 0 aliphatic heterocycles. The third kappa shape index (κ3) is 3.55. The standard InChI is InChI=1S/C14H9Br2Cl2NO/c1-7-4-8(2-3-10(7)16)14(20)19-13-11(17)5-9(15)6-12(13)18/h2-6H,1H3,(H,19,20). The van der Waals surface area contributed by atoms with Gasteiger partial charge >= 0.3 is 0 Å². The Kier molecular flexibility index (Phi) is 5.13. The number of carbonyl (C=O) groups is 1. The zero-order valence-electron chi connectivity index (χ0n) is 10.3. The van der Waals surface area contributed by atoms with Crippen LogP contribution < -0.4 is 5.32 Å². The van der Waals surface area contributed by atoms with Crippen LogP contribution in [0.4, 0.5) is 5.69 Å². The molecule has 0 unspecified atom stereocenters. The molecule has 0 fully saturated rings. The second-order valence-corrected chi connectivity index (χ2v) is 6.75. The van der Waals surface area contributed by atoms with Crippen LogP contribution in [0.5, 0.6) is 0 Å². The third-order valence-corrected chi connectivity index (χ3v) is 4.61. The summed E-state index contributed by atoms with van der Waals surface area (Å²) in [5, 5.41) is 3.49. The highest BCUT2D eigenvalue weighted by molar-refractivity contribution is 9.10. The number of rotatable bonds is 2. The molecule has 0 atom stereocenters. The normalized spacial score (nSPS) is 10.4. The van der Waals surface area contributed by atoms with Crippen molar-refractivity contribution in [2.24, 2.45) is 0 Å². The number of carbonyl (C=O) groups excluding carboxylic acids is 1. The first kappa shape index (κ1) is 15.8. The summed E-state index contributed by atoms with van der Waals surface area (Å²) >= 11 is 18.9. The van der Waals surface area contributed by atoms with Crippen LogP contribution in [-0.2, 0) is 0 Å². The minimum Gasteiger partial charge on any atom is -0.319 e. The lowest BCUT2D eigenvalue weighted by molar-refractivity contribution is 0.102. The minimum absolute atomic E-state index is 0.258. The van der Waals surface area contributed by atoms with Gasteiger partial charge in [0.15, 0.2) is 0 Å². The van der Waals surface area contributed by atoms with E-state index in [4.69, 9.17) is 23.2 Å². The van der Waals surface area contributed by atoms with Crippen molar-refractivity contribution in [2.75, 3.05) is 5.32 Å². The Hall–Kier alpha value is -0.550. The molecule has 104 valence electrons. The van der Waals surface area contributed by atoms with Crippen LogP contribution in [0, 0.1) is 6.92 Å². The van der Waals surface area contributed by atoms with E-state index in [0.717, 1.165) is 14.5 Å².